The summed E-state index contributed by atoms with van der Waals surface area (Å²) >= 11 is 0. The first kappa shape index (κ1) is 40.8. The lowest BCUT2D eigenvalue weighted by Crippen LogP contribution is -2.48. The number of amides is 1. The van der Waals surface area contributed by atoms with E-state index >= 15 is 0 Å². The number of hydrogen-bond acceptors (Lipinski definition) is 4. The number of hydrogen-bond donors (Lipinski definition) is 4. The third kappa shape index (κ3) is 26.5. The molecule has 0 aliphatic heterocycles. The fourth-order valence-electron chi connectivity index (χ4n) is 5.44. The first-order valence-electron chi connectivity index (χ1n) is 18.1. The van der Waals surface area contributed by atoms with Gasteiger partial charge in [-0.15, -0.1) is 0 Å². The summed E-state index contributed by atoms with van der Waals surface area (Å²) in [6.07, 6.45) is 34.0. The number of carbonyl (C=O) groups is 1. The van der Waals surface area contributed by atoms with Crippen molar-refractivity contribution in [2.75, 3.05) is 6.61 Å². The van der Waals surface area contributed by atoms with Gasteiger partial charge in [0.05, 0.1) is 18.8 Å². The molecule has 0 bridgehead atoms. The van der Waals surface area contributed by atoms with Crippen LogP contribution in [-0.2, 0) is 4.79 Å². The molecule has 1 amide bonds. The number of carbonyl (C=O) groups excluding carboxylic acids is 1. The van der Waals surface area contributed by atoms with E-state index in [1.54, 1.807) is 6.08 Å². The molecule has 0 saturated carbocycles. The molecule has 0 aromatic rings. The Kier molecular flexibility index (Phi) is 30.4. The molecule has 0 aromatic carbocycles. The van der Waals surface area contributed by atoms with Gasteiger partial charge in [0.2, 0.25) is 5.91 Å². The molecule has 0 heterocycles. The second-order valence-electron chi connectivity index (χ2n) is 12.6. The highest BCUT2D eigenvalue weighted by Gasteiger charge is 2.22. The highest BCUT2D eigenvalue weighted by Crippen LogP contribution is 2.15. The summed E-state index contributed by atoms with van der Waals surface area (Å²) in [5.74, 6) is -0.514. The Morgan fingerprint density at radius 2 is 1.12 bits per heavy atom. The molecule has 0 aromatic heterocycles. The molecule has 0 fully saturated rings. The summed E-state index contributed by atoms with van der Waals surface area (Å²) < 4.78 is 0. The fourth-order valence-corrected chi connectivity index (χ4v) is 5.44. The van der Waals surface area contributed by atoms with Gasteiger partial charge in [0.25, 0.3) is 0 Å². The minimum absolute atomic E-state index is 0.375. The van der Waals surface area contributed by atoms with Gasteiger partial charge in [-0.25, -0.2) is 0 Å². The predicted molar refractivity (Wildman–Crippen MR) is 181 cm³/mol. The van der Waals surface area contributed by atoms with Gasteiger partial charge in [-0.3, -0.25) is 4.79 Å². The van der Waals surface area contributed by atoms with Crippen LogP contribution >= 0.6 is 0 Å². The molecule has 0 spiro atoms. The normalized spacial score (nSPS) is 14.4. The molecule has 0 rings (SSSR count). The van der Waals surface area contributed by atoms with Crippen LogP contribution in [0.2, 0.25) is 0 Å². The number of aliphatic hydroxyl groups excluding tert-OH is 3. The molecular formula is C37H71NO4. The number of unbranched alkanes of at least 4 members (excludes halogenated alkanes) is 20. The Morgan fingerprint density at radius 1 is 0.667 bits per heavy atom. The van der Waals surface area contributed by atoms with E-state index in [1.807, 2.05) is 6.08 Å². The lowest BCUT2D eigenvalue weighted by molar-refractivity contribution is -0.131. The zero-order chi connectivity index (χ0) is 31.1. The summed E-state index contributed by atoms with van der Waals surface area (Å²) in [5.41, 5.74) is 1.42. The van der Waals surface area contributed by atoms with Crippen molar-refractivity contribution in [1.82, 2.24) is 5.32 Å². The molecular weight excluding hydrogens is 522 g/mol. The number of allylic oxidation sites excluding steroid dienone is 3. The number of nitrogens with one attached hydrogen (secondary N) is 1. The zero-order valence-corrected chi connectivity index (χ0v) is 28.1. The van der Waals surface area contributed by atoms with E-state index in [0.717, 1.165) is 38.5 Å². The van der Waals surface area contributed by atoms with Gasteiger partial charge in [-0.2, -0.15) is 0 Å². The van der Waals surface area contributed by atoms with Gasteiger partial charge in [0.1, 0.15) is 6.10 Å². The first-order valence-corrected chi connectivity index (χ1v) is 18.1. The van der Waals surface area contributed by atoms with E-state index < -0.39 is 24.2 Å². The maximum atomic E-state index is 12.4. The van der Waals surface area contributed by atoms with Crippen LogP contribution in [0.3, 0.4) is 0 Å². The Morgan fingerprint density at radius 3 is 1.60 bits per heavy atom. The van der Waals surface area contributed by atoms with Crippen molar-refractivity contribution in [2.45, 2.75) is 200 Å². The molecule has 3 atom stereocenters. The van der Waals surface area contributed by atoms with Crippen LogP contribution in [-0.4, -0.2) is 46.1 Å². The Bertz CT molecular complexity index is 648. The van der Waals surface area contributed by atoms with Gasteiger partial charge < -0.3 is 20.6 Å². The van der Waals surface area contributed by atoms with Crippen molar-refractivity contribution in [1.29, 1.82) is 0 Å². The van der Waals surface area contributed by atoms with E-state index in [-0.39, 0.29) is 6.61 Å². The van der Waals surface area contributed by atoms with Crippen LogP contribution in [0.1, 0.15) is 181 Å². The number of aliphatic hydroxyl groups is 3. The molecule has 5 heteroatoms. The van der Waals surface area contributed by atoms with Crippen LogP contribution < -0.4 is 5.32 Å². The molecule has 0 radical (unpaired) electrons. The molecule has 42 heavy (non-hydrogen) atoms. The van der Waals surface area contributed by atoms with E-state index in [0.29, 0.717) is 6.42 Å². The van der Waals surface area contributed by atoms with Crippen molar-refractivity contribution < 1.29 is 20.1 Å². The highest BCUT2D eigenvalue weighted by molar-refractivity contribution is 5.80. The highest BCUT2D eigenvalue weighted by atomic mass is 16.3. The van der Waals surface area contributed by atoms with Gasteiger partial charge in [0.15, 0.2) is 0 Å². The summed E-state index contributed by atoms with van der Waals surface area (Å²) in [7, 11) is 0. The quantitative estimate of drug-likeness (QED) is 0.0476. The Balaban J connectivity index is 3.90. The topological polar surface area (TPSA) is 89.8 Å². The van der Waals surface area contributed by atoms with Crippen molar-refractivity contribution in [3.8, 4) is 0 Å². The third-order valence-electron chi connectivity index (χ3n) is 8.40. The summed E-state index contributed by atoms with van der Waals surface area (Å²) in [6, 6.07) is -0.811. The minimum atomic E-state index is -1.10. The summed E-state index contributed by atoms with van der Waals surface area (Å²) in [6.45, 7) is 6.33. The summed E-state index contributed by atoms with van der Waals surface area (Å²) in [4.78, 5) is 12.4. The van der Waals surface area contributed by atoms with E-state index in [2.05, 4.69) is 32.2 Å². The van der Waals surface area contributed by atoms with Gasteiger partial charge in [-0.1, -0.05) is 166 Å². The van der Waals surface area contributed by atoms with Crippen LogP contribution in [0.25, 0.3) is 0 Å². The maximum Gasteiger partial charge on any atom is 0.249 e. The molecule has 3 unspecified atom stereocenters. The minimum Gasteiger partial charge on any atom is -0.394 e. The van der Waals surface area contributed by atoms with Gasteiger partial charge in [0, 0.05) is 0 Å². The maximum absolute atomic E-state index is 12.4. The largest absolute Gasteiger partial charge is 0.394 e. The molecule has 0 aliphatic carbocycles. The number of rotatable bonds is 31. The Labute approximate surface area is 261 Å². The molecule has 5 nitrogen and oxygen atoms in total. The standard InChI is InChI=1S/C37H71NO4/c1-4-6-8-10-12-13-14-15-16-17-18-20-22-26-31-36(41)37(42)38-34(32-39)35(40)30-27-23-25-29-33(3)28-24-21-19-11-9-7-5-2/h27,29-30,34-36,39-41H,4-26,28,31-32H2,1-3H3,(H,38,42). The van der Waals surface area contributed by atoms with E-state index in [9.17, 15) is 20.1 Å². The van der Waals surface area contributed by atoms with Crippen LogP contribution in [0.4, 0.5) is 0 Å². The van der Waals surface area contributed by atoms with Crippen molar-refractivity contribution in [3.63, 3.8) is 0 Å². The van der Waals surface area contributed by atoms with Crippen molar-refractivity contribution >= 4 is 5.91 Å². The SMILES string of the molecule is CCCCCCCCCCCCCCCCC(O)C(=O)NC(CO)C(O)C=CCCC=C(C)CCCCCCCCC. The van der Waals surface area contributed by atoms with Gasteiger partial charge >= 0.3 is 0 Å². The van der Waals surface area contributed by atoms with Crippen LogP contribution in [0, 0.1) is 0 Å². The second-order valence-corrected chi connectivity index (χ2v) is 12.6. The summed E-state index contributed by atoms with van der Waals surface area (Å²) in [5, 5.41) is 33.0. The van der Waals surface area contributed by atoms with Crippen molar-refractivity contribution in [3.05, 3.63) is 23.8 Å². The molecule has 248 valence electrons. The van der Waals surface area contributed by atoms with Crippen molar-refractivity contribution in [2.24, 2.45) is 0 Å². The van der Waals surface area contributed by atoms with Crippen LogP contribution in [0.15, 0.2) is 23.8 Å². The smallest absolute Gasteiger partial charge is 0.249 e. The van der Waals surface area contributed by atoms with E-state index in [1.165, 1.54) is 121 Å². The lowest BCUT2D eigenvalue weighted by Gasteiger charge is -2.21. The molecule has 0 aliphatic rings. The second kappa shape index (κ2) is 31.3. The molecule has 0 saturated heterocycles. The lowest BCUT2D eigenvalue weighted by atomic mass is 10.0. The van der Waals surface area contributed by atoms with Crippen LogP contribution in [0.5, 0.6) is 0 Å². The first-order chi connectivity index (χ1) is 20.5. The monoisotopic (exact) mass is 594 g/mol. The fraction of sp³-hybridized carbons (Fsp3) is 0.865. The Hall–Kier alpha value is -1.17. The predicted octanol–water partition coefficient (Wildman–Crippen LogP) is 9.48. The molecule has 4 N–H and O–H groups in total. The van der Waals surface area contributed by atoms with E-state index in [4.69, 9.17) is 0 Å². The van der Waals surface area contributed by atoms with Gasteiger partial charge in [-0.05, 0) is 39.0 Å². The third-order valence-corrected chi connectivity index (χ3v) is 8.40. The zero-order valence-electron chi connectivity index (χ0n) is 28.1. The average Bonchev–Trinajstić information content (AvgIpc) is 2.98. The average molecular weight is 594 g/mol.